The Balaban J connectivity index is 1.57. The summed E-state index contributed by atoms with van der Waals surface area (Å²) < 4.78 is 0. The summed E-state index contributed by atoms with van der Waals surface area (Å²) in [6, 6.07) is 10.4. The summed E-state index contributed by atoms with van der Waals surface area (Å²) in [5.74, 6) is -2.27. The van der Waals surface area contributed by atoms with Crippen LogP contribution in [0.3, 0.4) is 0 Å². The number of imide groups is 1. The first kappa shape index (κ1) is 19.3. The molecule has 0 aromatic heterocycles. The Morgan fingerprint density at radius 2 is 1.87 bits per heavy atom. The van der Waals surface area contributed by atoms with Crippen LogP contribution in [0.15, 0.2) is 36.4 Å². The number of nitrogens with zero attached hydrogens (tertiary/aromatic N) is 2. The highest BCUT2D eigenvalue weighted by molar-refractivity contribution is 6.38. The molecule has 158 valence electrons. The van der Waals surface area contributed by atoms with E-state index in [0.29, 0.717) is 22.9 Å². The van der Waals surface area contributed by atoms with E-state index in [1.54, 1.807) is 12.1 Å². The predicted molar refractivity (Wildman–Crippen MR) is 117 cm³/mol. The van der Waals surface area contributed by atoms with Gasteiger partial charge >= 0.3 is 0 Å². The first-order valence-electron chi connectivity index (χ1n) is 10.4. The maximum Gasteiger partial charge on any atom is 0.250 e. The van der Waals surface area contributed by atoms with Gasteiger partial charge in [0.15, 0.2) is 0 Å². The van der Waals surface area contributed by atoms with Gasteiger partial charge in [-0.2, -0.15) is 0 Å². The van der Waals surface area contributed by atoms with Crippen LogP contribution in [0.1, 0.15) is 24.0 Å². The summed E-state index contributed by atoms with van der Waals surface area (Å²) >= 11 is 12.4. The summed E-state index contributed by atoms with van der Waals surface area (Å²) in [6.45, 7) is 2.65. The summed E-state index contributed by atoms with van der Waals surface area (Å²) in [4.78, 5) is 44.4. The molecule has 2 aromatic rings. The molecular formula is C23H19Cl2N3O3. The number of anilines is 2. The molecule has 1 N–H and O–H groups in total. The lowest BCUT2D eigenvalue weighted by Crippen LogP contribution is -2.54. The Bertz CT molecular complexity index is 1200. The second-order valence-corrected chi connectivity index (χ2v) is 9.63. The third-order valence-corrected chi connectivity index (χ3v) is 7.84. The third-order valence-electron chi connectivity index (χ3n) is 7.30. The number of hydrogen-bond acceptors (Lipinski definition) is 4. The maximum absolute atomic E-state index is 13.9. The molecule has 3 saturated heterocycles. The highest BCUT2D eigenvalue weighted by Crippen LogP contribution is 2.61. The second-order valence-electron chi connectivity index (χ2n) is 8.78. The van der Waals surface area contributed by atoms with E-state index in [0.717, 1.165) is 24.0 Å². The number of nitrogens with one attached hydrogen (secondary N) is 1. The lowest BCUT2D eigenvalue weighted by atomic mass is 9.75. The Labute approximate surface area is 189 Å². The summed E-state index contributed by atoms with van der Waals surface area (Å²) in [5.41, 5.74) is 1.65. The number of fused-ring (bicyclic) bond motifs is 7. The van der Waals surface area contributed by atoms with Gasteiger partial charge < -0.3 is 5.32 Å². The third kappa shape index (κ3) is 2.25. The number of rotatable bonds is 1. The molecule has 3 fully saturated rings. The lowest BCUT2D eigenvalue weighted by Gasteiger charge is -2.36. The van der Waals surface area contributed by atoms with Gasteiger partial charge in [0, 0.05) is 22.3 Å². The van der Waals surface area contributed by atoms with Crippen LogP contribution in [0.4, 0.5) is 11.4 Å². The first-order chi connectivity index (χ1) is 14.9. The van der Waals surface area contributed by atoms with Gasteiger partial charge in [-0.3, -0.25) is 19.3 Å². The molecule has 4 atom stereocenters. The molecule has 4 aliphatic rings. The molecule has 0 aliphatic carbocycles. The van der Waals surface area contributed by atoms with E-state index in [-0.39, 0.29) is 28.8 Å². The van der Waals surface area contributed by atoms with Crippen molar-refractivity contribution in [2.24, 2.45) is 11.8 Å². The zero-order valence-corrected chi connectivity index (χ0v) is 18.2. The normalized spacial score (nSPS) is 31.4. The Kier molecular flexibility index (Phi) is 3.93. The van der Waals surface area contributed by atoms with Gasteiger partial charge in [0.05, 0.1) is 22.5 Å². The quantitative estimate of drug-likeness (QED) is 0.665. The van der Waals surface area contributed by atoms with E-state index in [9.17, 15) is 14.4 Å². The van der Waals surface area contributed by atoms with Gasteiger partial charge in [0.25, 0.3) is 0 Å². The molecular weight excluding hydrogens is 437 g/mol. The second kappa shape index (κ2) is 6.31. The number of carbonyl (C=O) groups excluding carboxylic acids is 3. The van der Waals surface area contributed by atoms with Crippen molar-refractivity contribution < 1.29 is 14.4 Å². The van der Waals surface area contributed by atoms with Gasteiger partial charge in [-0.1, -0.05) is 40.9 Å². The fraction of sp³-hybridized carbons (Fsp3) is 0.348. The Morgan fingerprint density at radius 1 is 1.06 bits per heavy atom. The maximum atomic E-state index is 13.9. The SMILES string of the molecule is Cc1ccc2c(c1)[C@]1(C(=O)N2)[C@@H]2C(=O)N(c3ccc(Cl)cc3Cl)C(=O)[C@H]2[C@@H]2CCCN21. The lowest BCUT2D eigenvalue weighted by molar-refractivity contribution is -0.135. The average Bonchev–Trinajstić information content (AvgIpc) is 3.42. The summed E-state index contributed by atoms with van der Waals surface area (Å²) in [5, 5.41) is 3.64. The molecule has 3 amide bonds. The molecule has 2 aromatic carbocycles. The van der Waals surface area contributed by atoms with Crippen molar-refractivity contribution >= 4 is 52.3 Å². The predicted octanol–water partition coefficient (Wildman–Crippen LogP) is 3.73. The average molecular weight is 456 g/mol. The molecule has 8 heteroatoms. The largest absolute Gasteiger partial charge is 0.324 e. The van der Waals surface area contributed by atoms with Crippen LogP contribution >= 0.6 is 23.2 Å². The Hall–Kier alpha value is -2.41. The van der Waals surface area contributed by atoms with Gasteiger partial charge in [-0.25, -0.2) is 4.90 Å². The molecule has 1 spiro atoms. The number of hydrogen-bond donors (Lipinski definition) is 1. The monoisotopic (exact) mass is 455 g/mol. The first-order valence-corrected chi connectivity index (χ1v) is 11.1. The standard InChI is InChI=1S/C23H19Cl2N3O3/c1-11-4-6-15-13(9-11)23(22(31)26-15)19-18(17-3-2-8-27(17)23)20(29)28(21(19)30)16-7-5-12(24)10-14(16)25/h4-7,9-10,17-19H,2-3,8H2,1H3,(H,26,31)/t17-,18-,19-,23+/m0/s1. The minimum Gasteiger partial charge on any atom is -0.324 e. The van der Waals surface area contributed by atoms with Crippen molar-refractivity contribution in [3.63, 3.8) is 0 Å². The molecule has 0 unspecified atom stereocenters. The Morgan fingerprint density at radius 3 is 2.65 bits per heavy atom. The van der Waals surface area contributed by atoms with E-state index in [4.69, 9.17) is 23.2 Å². The molecule has 31 heavy (non-hydrogen) atoms. The fourth-order valence-corrected chi connectivity index (χ4v) is 6.71. The zero-order chi connectivity index (χ0) is 21.7. The van der Waals surface area contributed by atoms with Crippen LogP contribution in [0, 0.1) is 18.8 Å². The van der Waals surface area contributed by atoms with Crippen molar-refractivity contribution in [3.8, 4) is 0 Å². The van der Waals surface area contributed by atoms with Crippen LogP contribution in [0.25, 0.3) is 0 Å². The number of aryl methyl sites for hydroxylation is 1. The molecule has 6 nitrogen and oxygen atoms in total. The van der Waals surface area contributed by atoms with Crippen LogP contribution in [0.5, 0.6) is 0 Å². The van der Waals surface area contributed by atoms with Crippen molar-refractivity contribution in [3.05, 3.63) is 57.6 Å². The zero-order valence-electron chi connectivity index (χ0n) is 16.7. The topological polar surface area (TPSA) is 69.7 Å². The highest BCUT2D eigenvalue weighted by Gasteiger charge is 2.74. The van der Waals surface area contributed by atoms with Gasteiger partial charge in [0.1, 0.15) is 5.54 Å². The van der Waals surface area contributed by atoms with Crippen LogP contribution in [-0.4, -0.2) is 35.2 Å². The van der Waals surface area contributed by atoms with E-state index in [1.165, 1.54) is 11.0 Å². The van der Waals surface area contributed by atoms with Crippen LogP contribution in [-0.2, 0) is 19.9 Å². The summed E-state index contributed by atoms with van der Waals surface area (Å²) in [6.07, 6.45) is 1.66. The van der Waals surface area contributed by atoms with Crippen molar-refractivity contribution in [1.29, 1.82) is 0 Å². The van der Waals surface area contributed by atoms with Crippen LogP contribution in [0.2, 0.25) is 10.0 Å². The van der Waals surface area contributed by atoms with Crippen LogP contribution < -0.4 is 10.2 Å². The van der Waals surface area contributed by atoms with E-state index >= 15 is 0 Å². The minimum atomic E-state index is -1.17. The van der Waals surface area contributed by atoms with Crippen molar-refractivity contribution in [2.75, 3.05) is 16.8 Å². The number of amides is 3. The molecule has 6 rings (SSSR count). The van der Waals surface area contributed by atoms with Gasteiger partial charge in [0.2, 0.25) is 17.7 Å². The molecule has 4 aliphatic heterocycles. The molecule has 0 bridgehead atoms. The van der Waals surface area contributed by atoms with Gasteiger partial charge in [-0.05, 0) is 50.6 Å². The van der Waals surface area contributed by atoms with Gasteiger partial charge in [-0.15, -0.1) is 0 Å². The van der Waals surface area contributed by atoms with Crippen molar-refractivity contribution in [2.45, 2.75) is 31.3 Å². The smallest absolute Gasteiger partial charge is 0.250 e. The highest BCUT2D eigenvalue weighted by atomic mass is 35.5. The van der Waals surface area contributed by atoms with E-state index in [2.05, 4.69) is 10.2 Å². The number of carbonyl (C=O) groups is 3. The molecule has 0 radical (unpaired) electrons. The molecule has 0 saturated carbocycles. The number of benzene rings is 2. The van der Waals surface area contributed by atoms with E-state index in [1.807, 2.05) is 25.1 Å². The minimum absolute atomic E-state index is 0.158. The van der Waals surface area contributed by atoms with E-state index < -0.39 is 17.4 Å². The summed E-state index contributed by atoms with van der Waals surface area (Å²) in [7, 11) is 0. The fourth-order valence-electron chi connectivity index (χ4n) is 6.22. The molecule has 4 heterocycles. The van der Waals surface area contributed by atoms with Crippen molar-refractivity contribution in [1.82, 2.24) is 4.90 Å². The number of halogens is 2.